The van der Waals surface area contributed by atoms with Crippen LogP contribution in [0.25, 0.3) is 0 Å². The lowest BCUT2D eigenvalue weighted by molar-refractivity contribution is 0.103. The Morgan fingerprint density at radius 3 is 2.63 bits per heavy atom. The number of ether oxygens (including phenoxy) is 1. The van der Waals surface area contributed by atoms with E-state index in [1.165, 1.54) is 0 Å². The molecule has 0 bridgehead atoms. The Morgan fingerprint density at radius 1 is 1.26 bits per heavy atom. The van der Waals surface area contributed by atoms with Gasteiger partial charge < -0.3 is 4.74 Å². The number of hydrogen-bond donors (Lipinski definition) is 0. The lowest BCUT2D eigenvalue weighted by Crippen LogP contribution is -2.05. The van der Waals surface area contributed by atoms with E-state index in [2.05, 4.69) is 16.9 Å². The summed E-state index contributed by atoms with van der Waals surface area (Å²) in [5.41, 5.74) is 1.000. The molecule has 1 aromatic carbocycles. The molecule has 2 aromatic rings. The largest absolute Gasteiger partial charge is 0.494 e. The van der Waals surface area contributed by atoms with E-state index < -0.39 is 0 Å². The van der Waals surface area contributed by atoms with Crippen molar-refractivity contribution in [3.63, 3.8) is 0 Å². The topological polar surface area (TPSA) is 52.1 Å². The fourth-order valence-corrected chi connectivity index (χ4v) is 1.95. The van der Waals surface area contributed by atoms with Crippen molar-refractivity contribution in [2.24, 2.45) is 0 Å². The van der Waals surface area contributed by atoms with E-state index >= 15 is 0 Å². The van der Waals surface area contributed by atoms with Crippen LogP contribution in [0.5, 0.6) is 5.75 Å². The maximum Gasteiger partial charge on any atom is 0.211 e. The van der Waals surface area contributed by atoms with Crippen LogP contribution in [0, 0.1) is 3.83 Å². The molecular formula is C14H13IN2O2. The zero-order valence-corrected chi connectivity index (χ0v) is 12.6. The molecule has 2 rings (SSSR count). The highest BCUT2D eigenvalue weighted by Gasteiger charge is 2.11. The van der Waals surface area contributed by atoms with Gasteiger partial charge in [0.1, 0.15) is 11.4 Å². The molecule has 0 N–H and O–H groups in total. The van der Waals surface area contributed by atoms with Crippen molar-refractivity contribution in [1.82, 2.24) is 9.97 Å². The van der Waals surface area contributed by atoms with E-state index in [4.69, 9.17) is 4.74 Å². The number of hydrogen-bond acceptors (Lipinski definition) is 4. The molecule has 0 saturated carbocycles. The highest BCUT2D eigenvalue weighted by Crippen LogP contribution is 2.15. The molecular weight excluding hydrogens is 355 g/mol. The number of ketones is 1. The molecule has 1 aromatic heterocycles. The molecule has 0 spiro atoms. The number of rotatable bonds is 5. The molecule has 0 aliphatic heterocycles. The van der Waals surface area contributed by atoms with Gasteiger partial charge in [-0.05, 0) is 36.8 Å². The molecule has 0 saturated heterocycles. The number of nitrogens with zero attached hydrogens (tertiary/aromatic N) is 2. The number of carbonyl (C=O) groups is 1. The molecule has 4 nitrogen and oxygen atoms in total. The van der Waals surface area contributed by atoms with E-state index in [0.717, 1.165) is 12.2 Å². The fraction of sp³-hybridized carbons (Fsp3) is 0.214. The summed E-state index contributed by atoms with van der Waals surface area (Å²) in [6.45, 7) is 2.73. The van der Waals surface area contributed by atoms with Crippen molar-refractivity contribution >= 4 is 28.4 Å². The Bertz CT molecular complexity index is 570. The van der Waals surface area contributed by atoms with Gasteiger partial charge in [-0.2, -0.15) is 0 Å². The van der Waals surface area contributed by atoms with E-state index in [1.54, 1.807) is 36.5 Å². The maximum atomic E-state index is 12.2. The van der Waals surface area contributed by atoms with E-state index in [0.29, 0.717) is 21.7 Å². The molecule has 0 atom stereocenters. The lowest BCUT2D eigenvalue weighted by atomic mass is 10.1. The number of carbonyl (C=O) groups excluding carboxylic acids is 1. The van der Waals surface area contributed by atoms with Crippen LogP contribution in [0.15, 0.2) is 36.5 Å². The quantitative estimate of drug-likeness (QED) is 0.462. The molecule has 0 amide bonds. The highest BCUT2D eigenvalue weighted by molar-refractivity contribution is 14.1. The van der Waals surface area contributed by atoms with Gasteiger partial charge in [0, 0.05) is 34.4 Å². The predicted molar refractivity (Wildman–Crippen MR) is 80.4 cm³/mol. The molecule has 19 heavy (non-hydrogen) atoms. The van der Waals surface area contributed by atoms with Crippen LogP contribution < -0.4 is 4.74 Å². The summed E-state index contributed by atoms with van der Waals surface area (Å²) in [7, 11) is 0. The monoisotopic (exact) mass is 368 g/mol. The van der Waals surface area contributed by atoms with Gasteiger partial charge in [0.15, 0.2) is 3.83 Å². The second-order valence-corrected chi connectivity index (χ2v) is 4.88. The molecule has 0 fully saturated rings. The smallest absolute Gasteiger partial charge is 0.211 e. The first-order valence-corrected chi connectivity index (χ1v) is 7.04. The number of aromatic nitrogens is 2. The average Bonchev–Trinajstić information content (AvgIpc) is 2.45. The van der Waals surface area contributed by atoms with Gasteiger partial charge in [-0.3, -0.25) is 4.79 Å². The normalized spacial score (nSPS) is 10.2. The lowest BCUT2D eigenvalue weighted by Gasteiger charge is -2.05. The third-order valence-corrected chi connectivity index (χ3v) is 2.97. The first kappa shape index (κ1) is 13.9. The third-order valence-electron chi connectivity index (χ3n) is 2.45. The third kappa shape index (κ3) is 3.73. The van der Waals surface area contributed by atoms with Gasteiger partial charge in [0.2, 0.25) is 5.78 Å². The Morgan fingerprint density at radius 2 is 2.00 bits per heavy atom. The molecule has 0 aliphatic carbocycles. The zero-order valence-electron chi connectivity index (χ0n) is 10.5. The van der Waals surface area contributed by atoms with Crippen LogP contribution in [-0.4, -0.2) is 22.4 Å². The van der Waals surface area contributed by atoms with Crippen molar-refractivity contribution in [3.8, 4) is 5.75 Å². The minimum absolute atomic E-state index is 0.109. The number of halogens is 1. The van der Waals surface area contributed by atoms with Gasteiger partial charge in [0.25, 0.3) is 0 Å². The van der Waals surface area contributed by atoms with Gasteiger partial charge in [-0.1, -0.05) is 6.92 Å². The molecule has 5 heteroatoms. The molecule has 1 heterocycles. The minimum atomic E-state index is -0.109. The van der Waals surface area contributed by atoms with E-state index in [9.17, 15) is 4.79 Å². The first-order chi connectivity index (χ1) is 9.20. The Kier molecular flexibility index (Phi) is 4.84. The van der Waals surface area contributed by atoms with Crippen LogP contribution in [0.3, 0.4) is 0 Å². The summed E-state index contributed by atoms with van der Waals surface area (Å²) in [4.78, 5) is 20.3. The summed E-state index contributed by atoms with van der Waals surface area (Å²) in [5, 5.41) is 0. The molecule has 0 aliphatic rings. The van der Waals surface area contributed by atoms with E-state index in [-0.39, 0.29) is 5.78 Å². The Labute approximate surface area is 125 Å². The van der Waals surface area contributed by atoms with Crippen molar-refractivity contribution in [1.29, 1.82) is 0 Å². The summed E-state index contributed by atoms with van der Waals surface area (Å²) in [5.74, 6) is 0.665. The van der Waals surface area contributed by atoms with Gasteiger partial charge in [0.05, 0.1) is 6.61 Å². The molecule has 0 radical (unpaired) electrons. The highest BCUT2D eigenvalue weighted by atomic mass is 127. The van der Waals surface area contributed by atoms with Gasteiger partial charge in [-0.15, -0.1) is 0 Å². The maximum absolute atomic E-state index is 12.2. The van der Waals surface area contributed by atoms with Crippen LogP contribution in [0.1, 0.15) is 29.4 Å². The molecule has 98 valence electrons. The van der Waals surface area contributed by atoms with Crippen LogP contribution >= 0.6 is 22.6 Å². The van der Waals surface area contributed by atoms with Gasteiger partial charge >= 0.3 is 0 Å². The van der Waals surface area contributed by atoms with E-state index in [1.807, 2.05) is 22.6 Å². The van der Waals surface area contributed by atoms with Crippen molar-refractivity contribution in [2.75, 3.05) is 6.61 Å². The van der Waals surface area contributed by atoms with Crippen molar-refractivity contribution in [2.45, 2.75) is 13.3 Å². The fourth-order valence-electron chi connectivity index (χ4n) is 1.53. The predicted octanol–water partition coefficient (Wildman–Crippen LogP) is 3.10. The first-order valence-electron chi connectivity index (χ1n) is 5.97. The second-order valence-electron chi connectivity index (χ2n) is 3.91. The van der Waals surface area contributed by atoms with Crippen LogP contribution in [-0.2, 0) is 0 Å². The van der Waals surface area contributed by atoms with Crippen LogP contribution in [0.2, 0.25) is 0 Å². The number of benzene rings is 1. The summed E-state index contributed by atoms with van der Waals surface area (Å²) in [6.07, 6.45) is 2.54. The summed E-state index contributed by atoms with van der Waals surface area (Å²) in [6, 6.07) is 8.72. The zero-order chi connectivity index (χ0) is 13.7. The Balaban J connectivity index is 2.15. The van der Waals surface area contributed by atoms with Crippen LogP contribution in [0.4, 0.5) is 0 Å². The second kappa shape index (κ2) is 6.60. The van der Waals surface area contributed by atoms with Crippen molar-refractivity contribution in [3.05, 3.63) is 51.6 Å². The van der Waals surface area contributed by atoms with Crippen molar-refractivity contribution < 1.29 is 9.53 Å². The SMILES string of the molecule is CCCOc1ccc(C(=O)c2ccnc(I)n2)cc1. The Hall–Kier alpha value is -1.50. The summed E-state index contributed by atoms with van der Waals surface area (Å²) < 4.78 is 6.04. The molecule has 0 unspecified atom stereocenters. The summed E-state index contributed by atoms with van der Waals surface area (Å²) >= 11 is 1.98. The minimum Gasteiger partial charge on any atom is -0.494 e. The average molecular weight is 368 g/mol. The van der Waals surface area contributed by atoms with Gasteiger partial charge in [-0.25, -0.2) is 9.97 Å². The standard InChI is InChI=1S/C14H13IN2O2/c1-2-9-19-11-5-3-10(4-6-11)13(18)12-7-8-16-14(15)17-12/h3-8H,2,9H2,1H3.